The second kappa shape index (κ2) is 8.42. The molecule has 0 bridgehead atoms. The van der Waals surface area contributed by atoms with Gasteiger partial charge in [-0.1, -0.05) is 12.1 Å². The molecular weight excluding hydrogens is 368 g/mol. The number of carbonyl (C=O) groups excluding carboxylic acids is 1. The van der Waals surface area contributed by atoms with Gasteiger partial charge in [0.1, 0.15) is 6.04 Å². The molecular formula is C21H24N6O2. The highest BCUT2D eigenvalue weighted by Gasteiger charge is 2.27. The van der Waals surface area contributed by atoms with Crippen LogP contribution in [0.25, 0.3) is 11.3 Å². The summed E-state index contributed by atoms with van der Waals surface area (Å²) in [6, 6.07) is 9.54. The first-order valence-corrected chi connectivity index (χ1v) is 9.60. The van der Waals surface area contributed by atoms with E-state index < -0.39 is 6.04 Å². The molecule has 8 heteroatoms. The highest BCUT2D eigenvalue weighted by atomic mass is 16.4. The lowest BCUT2D eigenvalue weighted by molar-refractivity contribution is -0.123. The molecule has 0 radical (unpaired) electrons. The summed E-state index contributed by atoms with van der Waals surface area (Å²) in [4.78, 5) is 22.7. The van der Waals surface area contributed by atoms with Crippen LogP contribution in [0.1, 0.15) is 17.2 Å². The zero-order valence-electron chi connectivity index (χ0n) is 16.3. The number of anilines is 2. The molecule has 1 aliphatic rings. The Labute approximate surface area is 169 Å². The van der Waals surface area contributed by atoms with E-state index in [0.717, 1.165) is 48.6 Å². The van der Waals surface area contributed by atoms with Gasteiger partial charge in [0.25, 0.3) is 6.01 Å². The van der Waals surface area contributed by atoms with Crippen LogP contribution in [0.5, 0.6) is 0 Å². The first kappa shape index (κ1) is 19.1. The Balaban J connectivity index is 1.58. The van der Waals surface area contributed by atoms with Gasteiger partial charge < -0.3 is 20.8 Å². The minimum absolute atomic E-state index is 0.350. The summed E-state index contributed by atoms with van der Waals surface area (Å²) in [7, 11) is 0. The molecule has 1 aromatic carbocycles. The fourth-order valence-corrected chi connectivity index (χ4v) is 3.53. The van der Waals surface area contributed by atoms with Crippen LogP contribution in [-0.2, 0) is 4.79 Å². The third-order valence-corrected chi connectivity index (χ3v) is 5.06. The number of aromatic nitrogens is 2. The van der Waals surface area contributed by atoms with Crippen LogP contribution in [0.15, 0.2) is 53.3 Å². The van der Waals surface area contributed by atoms with Gasteiger partial charge >= 0.3 is 0 Å². The van der Waals surface area contributed by atoms with Gasteiger partial charge in [-0.2, -0.15) is 0 Å². The SMILES string of the molecule is Cc1ccc(C(C(N)=O)N2CCNCC2)cc1Nc1ncc(-c2cccnc2)o1. The van der Waals surface area contributed by atoms with Gasteiger partial charge in [0.2, 0.25) is 5.91 Å². The van der Waals surface area contributed by atoms with E-state index in [1.807, 2.05) is 37.3 Å². The molecule has 1 amide bonds. The number of nitrogens with zero attached hydrogens (tertiary/aromatic N) is 3. The molecule has 2 aromatic heterocycles. The number of nitrogens with one attached hydrogen (secondary N) is 2. The molecule has 3 heterocycles. The Hall–Kier alpha value is -3.23. The standard InChI is InChI=1S/C21H24N6O2/c1-14-4-5-15(19(20(22)28)27-9-7-23-8-10-27)11-17(14)26-21-25-13-18(29-21)16-3-2-6-24-12-16/h2-6,11-13,19,23H,7-10H2,1H3,(H2,22,28)(H,25,26). The van der Waals surface area contributed by atoms with E-state index in [-0.39, 0.29) is 5.91 Å². The molecule has 4 rings (SSSR count). The van der Waals surface area contributed by atoms with Gasteiger partial charge in [-0.25, -0.2) is 4.98 Å². The second-order valence-electron chi connectivity index (χ2n) is 7.06. The number of aryl methyl sites for hydroxylation is 1. The quantitative estimate of drug-likeness (QED) is 0.590. The van der Waals surface area contributed by atoms with Crippen molar-refractivity contribution in [1.29, 1.82) is 0 Å². The minimum Gasteiger partial charge on any atom is -0.423 e. The van der Waals surface area contributed by atoms with Crippen LogP contribution >= 0.6 is 0 Å². The van der Waals surface area contributed by atoms with Crippen molar-refractivity contribution in [2.45, 2.75) is 13.0 Å². The number of hydrogen-bond donors (Lipinski definition) is 3. The molecule has 4 N–H and O–H groups in total. The maximum absolute atomic E-state index is 12.2. The number of pyridine rings is 1. The van der Waals surface area contributed by atoms with Gasteiger partial charge in [0, 0.05) is 49.8 Å². The Kier molecular flexibility index (Phi) is 5.55. The first-order chi connectivity index (χ1) is 14.1. The number of rotatable bonds is 6. The summed E-state index contributed by atoms with van der Waals surface area (Å²) in [5.41, 5.74) is 9.29. The largest absolute Gasteiger partial charge is 0.423 e. The predicted molar refractivity (Wildman–Crippen MR) is 111 cm³/mol. The molecule has 150 valence electrons. The highest BCUT2D eigenvalue weighted by Crippen LogP contribution is 2.29. The number of carbonyl (C=O) groups is 1. The molecule has 1 unspecified atom stereocenters. The third-order valence-electron chi connectivity index (χ3n) is 5.06. The maximum atomic E-state index is 12.2. The van der Waals surface area contributed by atoms with Crippen molar-refractivity contribution in [2.24, 2.45) is 5.73 Å². The van der Waals surface area contributed by atoms with Crippen molar-refractivity contribution in [3.63, 3.8) is 0 Å². The monoisotopic (exact) mass is 392 g/mol. The van der Waals surface area contributed by atoms with E-state index in [9.17, 15) is 4.79 Å². The number of amides is 1. The van der Waals surface area contributed by atoms with E-state index in [2.05, 4.69) is 25.5 Å². The lowest BCUT2D eigenvalue weighted by atomic mass is 10.0. The first-order valence-electron chi connectivity index (χ1n) is 9.60. The minimum atomic E-state index is -0.464. The van der Waals surface area contributed by atoms with Gasteiger partial charge in [-0.15, -0.1) is 0 Å². The normalized spacial score (nSPS) is 15.8. The van der Waals surface area contributed by atoms with E-state index in [4.69, 9.17) is 10.2 Å². The van der Waals surface area contributed by atoms with E-state index in [1.54, 1.807) is 18.6 Å². The summed E-state index contributed by atoms with van der Waals surface area (Å²) in [5, 5.41) is 6.52. The van der Waals surface area contributed by atoms with Gasteiger partial charge in [-0.3, -0.25) is 14.7 Å². The van der Waals surface area contributed by atoms with Crippen LogP contribution in [-0.4, -0.2) is 47.0 Å². The number of benzene rings is 1. The molecule has 1 saturated heterocycles. The van der Waals surface area contributed by atoms with Crippen molar-refractivity contribution in [1.82, 2.24) is 20.2 Å². The van der Waals surface area contributed by atoms with Crippen molar-refractivity contribution >= 4 is 17.6 Å². The van der Waals surface area contributed by atoms with Crippen LogP contribution in [0.3, 0.4) is 0 Å². The summed E-state index contributed by atoms with van der Waals surface area (Å²) >= 11 is 0. The van der Waals surface area contributed by atoms with Gasteiger partial charge in [-0.05, 0) is 36.2 Å². The number of hydrogen-bond acceptors (Lipinski definition) is 7. The number of oxazole rings is 1. The molecule has 1 fully saturated rings. The molecule has 8 nitrogen and oxygen atoms in total. The number of piperazine rings is 1. The lowest BCUT2D eigenvalue weighted by Gasteiger charge is -2.33. The molecule has 1 aliphatic heterocycles. The van der Waals surface area contributed by atoms with Gasteiger partial charge in [0.05, 0.1) is 6.20 Å². The molecule has 0 spiro atoms. The van der Waals surface area contributed by atoms with Gasteiger partial charge in [0.15, 0.2) is 5.76 Å². The Morgan fingerprint density at radius 2 is 2.10 bits per heavy atom. The molecule has 1 atom stereocenters. The van der Waals surface area contributed by atoms with Crippen molar-refractivity contribution in [3.05, 3.63) is 60.0 Å². The maximum Gasteiger partial charge on any atom is 0.299 e. The zero-order valence-corrected chi connectivity index (χ0v) is 16.3. The van der Waals surface area contributed by atoms with Crippen molar-refractivity contribution in [2.75, 3.05) is 31.5 Å². The van der Waals surface area contributed by atoms with E-state index >= 15 is 0 Å². The average molecular weight is 392 g/mol. The fourth-order valence-electron chi connectivity index (χ4n) is 3.53. The Bertz CT molecular complexity index is 982. The van der Waals surface area contributed by atoms with Crippen LogP contribution < -0.4 is 16.4 Å². The lowest BCUT2D eigenvalue weighted by Crippen LogP contribution is -2.48. The van der Waals surface area contributed by atoms with Crippen LogP contribution in [0.4, 0.5) is 11.7 Å². The van der Waals surface area contributed by atoms with E-state index in [0.29, 0.717) is 11.8 Å². The zero-order chi connectivity index (χ0) is 20.2. The van der Waals surface area contributed by atoms with Crippen molar-refractivity contribution in [3.8, 4) is 11.3 Å². The second-order valence-corrected chi connectivity index (χ2v) is 7.06. The Morgan fingerprint density at radius 1 is 1.28 bits per heavy atom. The summed E-state index contributed by atoms with van der Waals surface area (Å²) in [6.07, 6.45) is 5.09. The summed E-state index contributed by atoms with van der Waals surface area (Å²) in [5.74, 6) is 0.280. The van der Waals surface area contributed by atoms with Crippen LogP contribution in [0.2, 0.25) is 0 Å². The van der Waals surface area contributed by atoms with Crippen LogP contribution in [0, 0.1) is 6.92 Å². The molecule has 3 aromatic rings. The number of primary amides is 1. The summed E-state index contributed by atoms with van der Waals surface area (Å²) < 4.78 is 5.82. The fraction of sp³-hybridized carbons (Fsp3) is 0.286. The molecule has 29 heavy (non-hydrogen) atoms. The molecule has 0 aliphatic carbocycles. The van der Waals surface area contributed by atoms with Crippen molar-refractivity contribution < 1.29 is 9.21 Å². The smallest absolute Gasteiger partial charge is 0.299 e. The highest BCUT2D eigenvalue weighted by molar-refractivity contribution is 5.82. The summed E-state index contributed by atoms with van der Waals surface area (Å²) in [6.45, 7) is 5.22. The third kappa shape index (κ3) is 4.28. The number of nitrogens with two attached hydrogens (primary N) is 1. The van der Waals surface area contributed by atoms with E-state index in [1.165, 1.54) is 0 Å². The molecule has 0 saturated carbocycles. The predicted octanol–water partition coefficient (Wildman–Crippen LogP) is 2.22. The Morgan fingerprint density at radius 3 is 2.83 bits per heavy atom. The average Bonchev–Trinajstić information content (AvgIpc) is 3.20. The topological polar surface area (TPSA) is 109 Å².